The molecule has 4 aliphatic rings. The van der Waals surface area contributed by atoms with E-state index in [1.165, 1.54) is 0 Å². The molecule has 3 aromatic heterocycles. The SMILES string of the molecule is C=Cc1cc2c(N3CCC4(CC3)CN(C(=O)OC(C)(C)C)C4)nc(C3CCN(C)CC3)nc2c(OCC(F)(F)F)c1-c1c(C)cnc2c1cnn2C1CCCCO1. The van der Waals surface area contributed by atoms with Crippen LogP contribution in [0, 0.1) is 12.3 Å². The summed E-state index contributed by atoms with van der Waals surface area (Å²) in [5, 5.41) is 5.99. The molecule has 12 nitrogen and oxygen atoms in total. The summed E-state index contributed by atoms with van der Waals surface area (Å²) < 4.78 is 62.0. The molecule has 0 aliphatic carbocycles. The predicted octanol–water partition coefficient (Wildman–Crippen LogP) is 8.28. The number of nitrogens with zero attached hydrogens (tertiary/aromatic N) is 8. The van der Waals surface area contributed by atoms with E-state index >= 15 is 0 Å². The van der Waals surface area contributed by atoms with E-state index < -0.39 is 18.4 Å². The molecule has 1 atom stereocenters. The third-order valence-electron chi connectivity index (χ3n) is 12.0. The van der Waals surface area contributed by atoms with E-state index in [4.69, 9.17) is 34.3 Å². The topological polar surface area (TPSA) is 111 Å². The van der Waals surface area contributed by atoms with Crippen molar-refractivity contribution in [1.82, 2.24) is 34.5 Å². The van der Waals surface area contributed by atoms with Gasteiger partial charge in [-0.1, -0.05) is 12.7 Å². The number of amides is 1. The van der Waals surface area contributed by atoms with Crippen molar-refractivity contribution in [2.75, 3.05) is 64.4 Å². The molecule has 15 heteroatoms. The maximum atomic E-state index is 14.2. The number of ether oxygens (including phenoxy) is 3. The number of aromatic nitrogens is 5. The fraction of sp³-hybridized carbons (Fsp3) is 0.595. The van der Waals surface area contributed by atoms with Crippen molar-refractivity contribution >= 4 is 39.9 Å². The fourth-order valence-electron chi connectivity index (χ4n) is 8.94. The maximum Gasteiger partial charge on any atom is 0.422 e. The van der Waals surface area contributed by atoms with Gasteiger partial charge in [-0.05, 0) is 110 Å². The molecule has 0 saturated carbocycles. The highest BCUT2D eigenvalue weighted by molar-refractivity contribution is 6.06. The monoisotopic (exact) mass is 790 g/mol. The highest BCUT2D eigenvalue weighted by Crippen LogP contribution is 2.48. The molecule has 8 rings (SSSR count). The summed E-state index contributed by atoms with van der Waals surface area (Å²) in [7, 11) is 2.09. The minimum absolute atomic E-state index is 0.0230. The zero-order valence-corrected chi connectivity index (χ0v) is 33.6. The molecule has 306 valence electrons. The van der Waals surface area contributed by atoms with E-state index in [0.29, 0.717) is 83.1 Å². The number of alkyl halides is 3. The second-order valence-electron chi connectivity index (χ2n) is 17.4. The first-order chi connectivity index (χ1) is 27.1. The molecule has 1 spiro atoms. The van der Waals surface area contributed by atoms with Crippen LogP contribution in [0.4, 0.5) is 23.8 Å². The second-order valence-corrected chi connectivity index (χ2v) is 17.4. The number of fused-ring (bicyclic) bond motifs is 2. The third-order valence-corrected chi connectivity index (χ3v) is 12.0. The molecule has 0 radical (unpaired) electrons. The third kappa shape index (κ3) is 7.89. The predicted molar refractivity (Wildman–Crippen MR) is 212 cm³/mol. The van der Waals surface area contributed by atoms with Crippen molar-refractivity contribution in [3.63, 3.8) is 0 Å². The van der Waals surface area contributed by atoms with E-state index in [9.17, 15) is 18.0 Å². The number of halogens is 3. The molecule has 0 N–H and O–H groups in total. The Balaban J connectivity index is 1.25. The lowest BCUT2D eigenvalue weighted by Gasteiger charge is -2.53. The van der Waals surface area contributed by atoms with Gasteiger partial charge in [-0.15, -0.1) is 0 Å². The Morgan fingerprint density at radius 2 is 1.75 bits per heavy atom. The Kier molecular flexibility index (Phi) is 10.4. The van der Waals surface area contributed by atoms with E-state index in [1.807, 2.05) is 33.8 Å². The Morgan fingerprint density at radius 1 is 1.02 bits per heavy atom. The molecule has 0 bridgehead atoms. The van der Waals surface area contributed by atoms with Crippen LogP contribution in [-0.2, 0) is 9.47 Å². The minimum atomic E-state index is -4.61. The molecule has 1 amide bonds. The summed E-state index contributed by atoms with van der Waals surface area (Å²) in [6.45, 7) is 15.1. The van der Waals surface area contributed by atoms with Gasteiger partial charge in [0, 0.05) is 72.2 Å². The van der Waals surface area contributed by atoms with Crippen molar-refractivity contribution in [3.8, 4) is 16.9 Å². The number of hydrogen-bond donors (Lipinski definition) is 0. The Hall–Kier alpha value is -4.50. The number of benzene rings is 1. The first kappa shape index (κ1) is 39.3. The standard InChI is InChI=1S/C42H53F3N8O4/c1-7-27-20-29-34(35(56-25-42(43,44)45)33(27)32-26(2)21-46-37-30(32)22-47-53(37)31-10-8-9-19-55-31)48-36(28-11-15-50(6)16-12-28)49-38(29)51-17-13-41(14-18-51)23-52(24-41)39(54)57-40(3,4)5/h7,20-22,28,31H,1,8-19,23-25H2,2-6H3. The smallest absolute Gasteiger partial charge is 0.422 e. The number of anilines is 1. The summed E-state index contributed by atoms with van der Waals surface area (Å²) in [4.78, 5) is 34.2. The Bertz CT molecular complexity index is 2150. The fourth-order valence-corrected chi connectivity index (χ4v) is 8.94. The van der Waals surface area contributed by atoms with Gasteiger partial charge < -0.3 is 28.9 Å². The van der Waals surface area contributed by atoms with Crippen molar-refractivity contribution in [3.05, 3.63) is 42.0 Å². The molecule has 4 saturated heterocycles. The first-order valence-corrected chi connectivity index (χ1v) is 20.2. The quantitative estimate of drug-likeness (QED) is 0.181. The lowest BCUT2D eigenvalue weighted by molar-refractivity contribution is -0.153. The second kappa shape index (κ2) is 15.0. The van der Waals surface area contributed by atoms with Crippen LogP contribution < -0.4 is 9.64 Å². The number of piperidine rings is 2. The number of carbonyl (C=O) groups excluding carboxylic acids is 1. The van der Waals surface area contributed by atoms with E-state index in [1.54, 1.807) is 28.1 Å². The number of carbonyl (C=O) groups is 1. The van der Waals surface area contributed by atoms with Gasteiger partial charge in [0.15, 0.2) is 24.2 Å². The molecule has 1 unspecified atom stereocenters. The Labute approximate surface area is 331 Å². The summed E-state index contributed by atoms with van der Waals surface area (Å²) in [6, 6.07) is 1.95. The van der Waals surface area contributed by atoms with Gasteiger partial charge >= 0.3 is 12.3 Å². The number of rotatable bonds is 7. The molecule has 57 heavy (non-hydrogen) atoms. The number of hydrogen-bond acceptors (Lipinski definition) is 10. The molecule has 4 aromatic rings. The van der Waals surface area contributed by atoms with Crippen LogP contribution in [0.1, 0.15) is 94.8 Å². The van der Waals surface area contributed by atoms with Crippen LogP contribution in [0.3, 0.4) is 0 Å². The number of aryl methyl sites for hydroxylation is 1. The van der Waals surface area contributed by atoms with E-state index in [-0.39, 0.29) is 29.4 Å². The summed E-state index contributed by atoms with van der Waals surface area (Å²) in [5.74, 6) is 1.35. The van der Waals surface area contributed by atoms with Crippen molar-refractivity contribution in [1.29, 1.82) is 0 Å². The van der Waals surface area contributed by atoms with Gasteiger partial charge in [-0.2, -0.15) is 18.3 Å². The van der Waals surface area contributed by atoms with Gasteiger partial charge in [-0.3, -0.25) is 0 Å². The normalized spacial score (nSPS) is 20.9. The van der Waals surface area contributed by atoms with Crippen LogP contribution in [0.15, 0.2) is 25.0 Å². The lowest BCUT2D eigenvalue weighted by Crippen LogP contribution is -2.62. The summed E-state index contributed by atoms with van der Waals surface area (Å²) >= 11 is 0. The molecule has 1 aromatic carbocycles. The zero-order chi connectivity index (χ0) is 40.3. The maximum absolute atomic E-state index is 14.2. The van der Waals surface area contributed by atoms with Crippen LogP contribution >= 0.6 is 0 Å². The molecule has 4 fully saturated rings. The summed E-state index contributed by atoms with van der Waals surface area (Å²) in [5.41, 5.74) is 2.80. The van der Waals surface area contributed by atoms with Crippen LogP contribution in [0.2, 0.25) is 0 Å². The van der Waals surface area contributed by atoms with Gasteiger partial charge in [0.1, 0.15) is 22.8 Å². The van der Waals surface area contributed by atoms with Crippen molar-refractivity contribution in [2.45, 2.75) is 96.6 Å². The van der Waals surface area contributed by atoms with Crippen molar-refractivity contribution < 1.29 is 32.2 Å². The largest absolute Gasteiger partial charge is 0.481 e. The molecule has 4 aliphatic heterocycles. The van der Waals surface area contributed by atoms with Gasteiger partial charge in [0.25, 0.3) is 0 Å². The van der Waals surface area contributed by atoms with E-state index in [2.05, 4.69) is 23.4 Å². The van der Waals surface area contributed by atoms with Crippen molar-refractivity contribution in [2.24, 2.45) is 5.41 Å². The van der Waals surface area contributed by atoms with Crippen LogP contribution in [0.25, 0.3) is 39.1 Å². The molecule has 7 heterocycles. The van der Waals surface area contributed by atoms with Crippen LogP contribution in [-0.4, -0.2) is 112 Å². The average Bonchev–Trinajstić information content (AvgIpc) is 3.59. The van der Waals surface area contributed by atoms with E-state index in [0.717, 1.165) is 63.6 Å². The number of pyridine rings is 1. The highest BCUT2D eigenvalue weighted by atomic mass is 19.4. The highest BCUT2D eigenvalue weighted by Gasteiger charge is 2.48. The first-order valence-electron chi connectivity index (χ1n) is 20.2. The molecular weight excluding hydrogens is 738 g/mol. The van der Waals surface area contributed by atoms with Gasteiger partial charge in [-0.25, -0.2) is 24.4 Å². The van der Waals surface area contributed by atoms with Crippen LogP contribution in [0.5, 0.6) is 5.75 Å². The average molecular weight is 791 g/mol. The molecular formula is C42H53F3N8O4. The lowest BCUT2D eigenvalue weighted by atomic mass is 9.72. The summed E-state index contributed by atoms with van der Waals surface area (Å²) in [6.07, 6.45) is 5.99. The number of likely N-dealkylation sites (tertiary alicyclic amines) is 2. The zero-order valence-electron chi connectivity index (χ0n) is 33.6. The van der Waals surface area contributed by atoms with Gasteiger partial charge in [0.2, 0.25) is 0 Å². The minimum Gasteiger partial charge on any atom is -0.481 e. The Morgan fingerprint density at radius 3 is 2.40 bits per heavy atom. The van der Waals surface area contributed by atoms with Gasteiger partial charge in [0.05, 0.1) is 6.20 Å².